The van der Waals surface area contributed by atoms with Crippen LogP contribution in [0.2, 0.25) is 0 Å². The molecule has 0 aliphatic rings. The van der Waals surface area contributed by atoms with Gasteiger partial charge in [0.2, 0.25) is 0 Å². The minimum atomic E-state index is -0.759. The molecule has 1 N–H and O–H groups in total. The molecule has 0 fully saturated rings. The van der Waals surface area contributed by atoms with Crippen LogP contribution in [0, 0.1) is 5.82 Å². The van der Waals surface area contributed by atoms with Gasteiger partial charge >= 0.3 is 5.97 Å². The molecule has 0 aromatic heterocycles. The van der Waals surface area contributed by atoms with Crippen LogP contribution in [0.3, 0.4) is 0 Å². The number of carbonyl (C=O) groups is 1. The third kappa shape index (κ3) is 3.36. The van der Waals surface area contributed by atoms with Gasteiger partial charge in [0.15, 0.2) is 6.04 Å². The molecule has 2 aromatic carbocycles. The molecule has 2 rings (SSSR count). The van der Waals surface area contributed by atoms with Gasteiger partial charge in [-0.1, -0.05) is 24.3 Å². The molecule has 104 valence electrons. The standard InChI is InChI=1S/C15H13BrFNO2/c1-20-15(19)14(18-11-5-3-2-4-6-11)10-7-8-12(16)13(17)9-10/h2-9,14,18H,1H3. The number of benzene rings is 2. The van der Waals surface area contributed by atoms with E-state index < -0.39 is 17.8 Å². The third-order valence-electron chi connectivity index (χ3n) is 2.80. The fourth-order valence-electron chi connectivity index (χ4n) is 1.79. The van der Waals surface area contributed by atoms with Gasteiger partial charge in [0.1, 0.15) is 5.82 Å². The van der Waals surface area contributed by atoms with E-state index in [9.17, 15) is 9.18 Å². The maximum atomic E-state index is 13.6. The van der Waals surface area contributed by atoms with Crippen molar-refractivity contribution < 1.29 is 13.9 Å². The Morgan fingerprint density at radius 1 is 1.25 bits per heavy atom. The molecule has 0 bridgehead atoms. The van der Waals surface area contributed by atoms with Crippen LogP contribution >= 0.6 is 15.9 Å². The predicted octanol–water partition coefficient (Wildman–Crippen LogP) is 3.91. The molecule has 3 nitrogen and oxygen atoms in total. The average molecular weight is 338 g/mol. The molecule has 0 aliphatic carbocycles. The van der Waals surface area contributed by atoms with Gasteiger partial charge < -0.3 is 10.1 Å². The van der Waals surface area contributed by atoms with Gasteiger partial charge in [-0.2, -0.15) is 0 Å². The molecule has 1 unspecified atom stereocenters. The molecule has 0 saturated carbocycles. The van der Waals surface area contributed by atoms with E-state index in [0.717, 1.165) is 5.69 Å². The summed E-state index contributed by atoms with van der Waals surface area (Å²) >= 11 is 3.09. The van der Waals surface area contributed by atoms with Crippen molar-refractivity contribution in [2.24, 2.45) is 0 Å². The number of hydrogen-bond acceptors (Lipinski definition) is 3. The minimum absolute atomic E-state index is 0.351. The van der Waals surface area contributed by atoms with Crippen molar-refractivity contribution >= 4 is 27.6 Å². The van der Waals surface area contributed by atoms with E-state index >= 15 is 0 Å². The summed E-state index contributed by atoms with van der Waals surface area (Å²) in [4.78, 5) is 11.9. The van der Waals surface area contributed by atoms with E-state index in [1.54, 1.807) is 12.1 Å². The first-order valence-corrected chi connectivity index (χ1v) is 6.75. The number of halogens is 2. The van der Waals surface area contributed by atoms with Crippen molar-refractivity contribution in [2.45, 2.75) is 6.04 Å². The molecule has 0 heterocycles. The number of rotatable bonds is 4. The summed E-state index contributed by atoms with van der Waals surface area (Å²) in [6.07, 6.45) is 0. The molecule has 0 aliphatic heterocycles. The zero-order chi connectivity index (χ0) is 14.5. The van der Waals surface area contributed by atoms with Crippen molar-refractivity contribution in [1.82, 2.24) is 0 Å². The van der Waals surface area contributed by atoms with Crippen molar-refractivity contribution in [1.29, 1.82) is 0 Å². The second-order valence-corrected chi connectivity index (χ2v) is 4.99. The number of esters is 1. The van der Waals surface area contributed by atoms with Gasteiger partial charge in [-0.05, 0) is 45.8 Å². The topological polar surface area (TPSA) is 38.3 Å². The summed E-state index contributed by atoms with van der Waals surface area (Å²) in [7, 11) is 1.30. The van der Waals surface area contributed by atoms with Crippen LogP contribution in [0.15, 0.2) is 53.0 Å². The van der Waals surface area contributed by atoms with E-state index in [2.05, 4.69) is 21.2 Å². The number of para-hydroxylation sites is 1. The zero-order valence-electron chi connectivity index (χ0n) is 10.8. The van der Waals surface area contributed by atoms with E-state index in [4.69, 9.17) is 4.74 Å². The Morgan fingerprint density at radius 3 is 2.55 bits per heavy atom. The highest BCUT2D eigenvalue weighted by Gasteiger charge is 2.22. The summed E-state index contributed by atoms with van der Waals surface area (Å²) < 4.78 is 18.7. The second kappa shape index (κ2) is 6.52. The summed E-state index contributed by atoms with van der Waals surface area (Å²) in [5.41, 5.74) is 1.26. The van der Waals surface area contributed by atoms with E-state index in [0.29, 0.717) is 10.0 Å². The molecular formula is C15H13BrFNO2. The lowest BCUT2D eigenvalue weighted by Gasteiger charge is -2.18. The Bertz CT molecular complexity index is 604. The van der Waals surface area contributed by atoms with Crippen molar-refractivity contribution in [3.05, 3.63) is 64.4 Å². The largest absolute Gasteiger partial charge is 0.467 e. The van der Waals surface area contributed by atoms with Crippen molar-refractivity contribution in [2.75, 3.05) is 12.4 Å². The Kier molecular flexibility index (Phi) is 4.74. The maximum absolute atomic E-state index is 13.6. The van der Waals surface area contributed by atoms with Gasteiger partial charge in [0.25, 0.3) is 0 Å². The summed E-state index contributed by atoms with van der Waals surface area (Å²) in [5, 5.41) is 3.04. The molecular weight excluding hydrogens is 325 g/mol. The fourth-order valence-corrected chi connectivity index (χ4v) is 2.04. The van der Waals surface area contributed by atoms with Gasteiger partial charge in [-0.25, -0.2) is 9.18 Å². The van der Waals surface area contributed by atoms with Crippen LogP contribution < -0.4 is 5.32 Å². The predicted molar refractivity (Wildman–Crippen MR) is 78.9 cm³/mol. The van der Waals surface area contributed by atoms with Crippen LogP contribution in [0.1, 0.15) is 11.6 Å². The number of hydrogen-bond donors (Lipinski definition) is 1. The van der Waals surface area contributed by atoms with E-state index in [-0.39, 0.29) is 0 Å². The monoisotopic (exact) mass is 337 g/mol. The first kappa shape index (κ1) is 14.5. The molecule has 5 heteroatoms. The van der Waals surface area contributed by atoms with Gasteiger partial charge in [-0.3, -0.25) is 0 Å². The Balaban J connectivity index is 2.32. The normalized spacial score (nSPS) is 11.8. The highest BCUT2D eigenvalue weighted by molar-refractivity contribution is 9.10. The quantitative estimate of drug-likeness (QED) is 0.859. The molecule has 0 saturated heterocycles. The lowest BCUT2D eigenvalue weighted by atomic mass is 10.1. The van der Waals surface area contributed by atoms with Gasteiger partial charge in [0, 0.05) is 5.69 Å². The molecule has 1 atom stereocenters. The number of nitrogens with one attached hydrogen (secondary N) is 1. The summed E-state index contributed by atoms with van der Waals surface area (Å²) in [6, 6.07) is 13.0. The Hall–Kier alpha value is -1.88. The highest BCUT2D eigenvalue weighted by Crippen LogP contribution is 2.24. The zero-order valence-corrected chi connectivity index (χ0v) is 12.4. The Morgan fingerprint density at radius 2 is 1.95 bits per heavy atom. The summed E-state index contributed by atoms with van der Waals surface area (Å²) in [6.45, 7) is 0. The first-order valence-electron chi connectivity index (χ1n) is 5.96. The average Bonchev–Trinajstić information content (AvgIpc) is 2.48. The van der Waals surface area contributed by atoms with E-state index in [1.165, 1.54) is 13.2 Å². The number of anilines is 1. The second-order valence-electron chi connectivity index (χ2n) is 4.14. The maximum Gasteiger partial charge on any atom is 0.332 e. The lowest BCUT2D eigenvalue weighted by molar-refractivity contribution is -0.141. The lowest BCUT2D eigenvalue weighted by Crippen LogP contribution is -2.22. The van der Waals surface area contributed by atoms with Crippen LogP contribution in [0.4, 0.5) is 10.1 Å². The smallest absolute Gasteiger partial charge is 0.332 e. The number of ether oxygens (including phenoxy) is 1. The molecule has 0 spiro atoms. The molecule has 0 amide bonds. The van der Waals surface area contributed by atoms with Crippen molar-refractivity contribution in [3.8, 4) is 0 Å². The van der Waals surface area contributed by atoms with Crippen LogP contribution in [-0.4, -0.2) is 13.1 Å². The SMILES string of the molecule is COC(=O)C(Nc1ccccc1)c1ccc(Br)c(F)c1. The Labute approximate surface area is 124 Å². The summed E-state index contributed by atoms with van der Waals surface area (Å²) in [5.74, 6) is -0.901. The third-order valence-corrected chi connectivity index (χ3v) is 3.44. The molecule has 0 radical (unpaired) electrons. The first-order chi connectivity index (χ1) is 9.61. The minimum Gasteiger partial charge on any atom is -0.467 e. The van der Waals surface area contributed by atoms with Crippen molar-refractivity contribution in [3.63, 3.8) is 0 Å². The van der Waals surface area contributed by atoms with E-state index in [1.807, 2.05) is 30.3 Å². The van der Waals surface area contributed by atoms with Crippen LogP contribution in [-0.2, 0) is 9.53 Å². The number of methoxy groups -OCH3 is 1. The highest BCUT2D eigenvalue weighted by atomic mass is 79.9. The van der Waals surface area contributed by atoms with Crippen LogP contribution in [0.5, 0.6) is 0 Å². The van der Waals surface area contributed by atoms with Gasteiger partial charge in [-0.15, -0.1) is 0 Å². The fraction of sp³-hybridized carbons (Fsp3) is 0.133. The molecule has 2 aromatic rings. The van der Waals surface area contributed by atoms with Gasteiger partial charge in [0.05, 0.1) is 11.6 Å². The molecule has 20 heavy (non-hydrogen) atoms. The van der Waals surface area contributed by atoms with Crippen LogP contribution in [0.25, 0.3) is 0 Å². The number of carbonyl (C=O) groups excluding carboxylic acids is 1.